The van der Waals surface area contributed by atoms with Crippen molar-refractivity contribution in [1.29, 1.82) is 0 Å². The number of anilines is 1. The molecule has 0 aromatic heterocycles. The van der Waals surface area contributed by atoms with Crippen LogP contribution in [0.15, 0.2) is 53.4 Å². The first-order valence-electron chi connectivity index (χ1n) is 7.40. The Bertz CT molecular complexity index is 943. The van der Waals surface area contributed by atoms with E-state index in [0.29, 0.717) is 5.56 Å². The number of benzene rings is 2. The second kappa shape index (κ2) is 6.29. The second-order valence-corrected chi connectivity index (χ2v) is 7.42. The Balaban J connectivity index is 2.10. The summed E-state index contributed by atoms with van der Waals surface area (Å²) in [6.45, 7) is 0. The Hall–Kier alpha value is -2.59. The molecule has 2 N–H and O–H groups in total. The van der Waals surface area contributed by atoms with Crippen LogP contribution in [0.25, 0.3) is 0 Å². The molecule has 138 valence electrons. The summed E-state index contributed by atoms with van der Waals surface area (Å²) < 4.78 is 64.8. The van der Waals surface area contributed by atoms with Crippen LogP contribution in [0.3, 0.4) is 0 Å². The maximum Gasteiger partial charge on any atom is 0.416 e. The van der Waals surface area contributed by atoms with Crippen molar-refractivity contribution in [1.82, 2.24) is 5.48 Å². The van der Waals surface area contributed by atoms with Gasteiger partial charge in [0, 0.05) is 0 Å². The van der Waals surface area contributed by atoms with E-state index < -0.39 is 40.1 Å². The van der Waals surface area contributed by atoms with Crippen molar-refractivity contribution in [3.05, 3.63) is 59.7 Å². The molecule has 0 bridgehead atoms. The van der Waals surface area contributed by atoms with Crippen molar-refractivity contribution in [3.63, 3.8) is 0 Å². The van der Waals surface area contributed by atoms with Crippen LogP contribution in [0.1, 0.15) is 23.6 Å². The molecule has 0 saturated carbocycles. The molecule has 0 spiro atoms. The first-order valence-corrected chi connectivity index (χ1v) is 8.84. The Kier molecular flexibility index (Phi) is 4.41. The van der Waals surface area contributed by atoms with Crippen LogP contribution in [0, 0.1) is 0 Å². The van der Waals surface area contributed by atoms with Crippen LogP contribution < -0.4 is 9.79 Å². The van der Waals surface area contributed by atoms with Gasteiger partial charge in [0.25, 0.3) is 10.0 Å². The number of rotatable bonds is 3. The van der Waals surface area contributed by atoms with Crippen molar-refractivity contribution in [3.8, 4) is 0 Å². The minimum atomic E-state index is -4.55. The van der Waals surface area contributed by atoms with Gasteiger partial charge in [-0.25, -0.2) is 13.9 Å². The average Bonchev–Trinajstić information content (AvgIpc) is 2.82. The third-order valence-electron chi connectivity index (χ3n) is 4.05. The van der Waals surface area contributed by atoms with Crippen LogP contribution >= 0.6 is 0 Å². The molecule has 0 fully saturated rings. The highest BCUT2D eigenvalue weighted by Crippen LogP contribution is 2.44. The summed E-state index contributed by atoms with van der Waals surface area (Å²) >= 11 is 0. The fraction of sp³-hybridized carbons (Fsp3) is 0.188. The fourth-order valence-electron chi connectivity index (χ4n) is 2.92. The van der Waals surface area contributed by atoms with E-state index in [9.17, 15) is 26.4 Å². The van der Waals surface area contributed by atoms with Crippen LogP contribution in [-0.4, -0.2) is 19.5 Å². The topological polar surface area (TPSA) is 86.7 Å². The highest BCUT2D eigenvalue weighted by atomic mass is 32.2. The summed E-state index contributed by atoms with van der Waals surface area (Å²) in [5.41, 5.74) is 0.846. The molecule has 1 heterocycles. The zero-order valence-corrected chi connectivity index (χ0v) is 13.9. The number of hydroxylamine groups is 1. The molecule has 6 nitrogen and oxygen atoms in total. The van der Waals surface area contributed by atoms with Gasteiger partial charge in [-0.15, -0.1) is 0 Å². The van der Waals surface area contributed by atoms with E-state index in [1.165, 1.54) is 23.7 Å². The van der Waals surface area contributed by atoms with E-state index in [0.717, 1.165) is 28.6 Å². The lowest BCUT2D eigenvalue weighted by Gasteiger charge is -2.25. The van der Waals surface area contributed by atoms with Crippen molar-refractivity contribution in [2.45, 2.75) is 23.5 Å². The van der Waals surface area contributed by atoms with Crippen LogP contribution in [0.5, 0.6) is 0 Å². The van der Waals surface area contributed by atoms with Gasteiger partial charge < -0.3 is 0 Å². The van der Waals surface area contributed by atoms with Crippen molar-refractivity contribution < 1.29 is 31.6 Å². The Morgan fingerprint density at radius 3 is 2.31 bits per heavy atom. The molecule has 1 aliphatic heterocycles. The predicted octanol–water partition coefficient (Wildman–Crippen LogP) is 2.85. The molecule has 2 aromatic carbocycles. The predicted molar refractivity (Wildman–Crippen MR) is 84.8 cm³/mol. The molecule has 1 aliphatic rings. The maximum absolute atomic E-state index is 12.9. The van der Waals surface area contributed by atoms with Gasteiger partial charge in [0.15, 0.2) is 0 Å². The number of nitrogens with one attached hydrogen (secondary N) is 1. The Morgan fingerprint density at radius 2 is 1.73 bits per heavy atom. The minimum Gasteiger partial charge on any atom is -0.289 e. The number of amides is 1. The molecule has 0 radical (unpaired) electrons. The first-order chi connectivity index (χ1) is 12.2. The minimum absolute atomic E-state index is 0.00932. The van der Waals surface area contributed by atoms with Gasteiger partial charge in [-0.2, -0.15) is 13.2 Å². The smallest absolute Gasteiger partial charge is 0.289 e. The second-order valence-electron chi connectivity index (χ2n) is 5.64. The number of alkyl halides is 3. The normalized spacial score (nSPS) is 18.5. The fourth-order valence-corrected chi connectivity index (χ4v) is 4.81. The summed E-state index contributed by atoms with van der Waals surface area (Å²) in [4.78, 5) is 11.6. The van der Waals surface area contributed by atoms with Gasteiger partial charge in [-0.1, -0.05) is 18.2 Å². The lowest BCUT2D eigenvalue weighted by atomic mass is 10.0. The maximum atomic E-state index is 12.9. The number of fused-ring (bicyclic) bond motifs is 1. The van der Waals surface area contributed by atoms with Gasteiger partial charge in [0.2, 0.25) is 5.91 Å². The summed E-state index contributed by atoms with van der Waals surface area (Å²) in [5.74, 6) is -0.821. The van der Waals surface area contributed by atoms with E-state index in [1.807, 2.05) is 0 Å². The van der Waals surface area contributed by atoms with Crippen LogP contribution in [0.4, 0.5) is 18.9 Å². The molecule has 0 aliphatic carbocycles. The van der Waals surface area contributed by atoms with E-state index >= 15 is 0 Å². The van der Waals surface area contributed by atoms with Crippen LogP contribution in [-0.2, 0) is 21.0 Å². The van der Waals surface area contributed by atoms with Crippen molar-refractivity contribution in [2.24, 2.45) is 0 Å². The number of halogens is 3. The van der Waals surface area contributed by atoms with Crippen molar-refractivity contribution >= 4 is 21.6 Å². The lowest BCUT2D eigenvalue weighted by Crippen LogP contribution is -2.32. The SMILES string of the molecule is O=C(CC1c2ccccc2S(=O)(=O)N1c1ccc(C(F)(F)F)cc1)NO. The summed E-state index contributed by atoms with van der Waals surface area (Å²) in [7, 11) is -4.06. The van der Waals surface area contributed by atoms with Gasteiger partial charge in [-0.3, -0.25) is 14.3 Å². The van der Waals surface area contributed by atoms with E-state index in [1.54, 1.807) is 6.07 Å². The molecule has 1 atom stereocenters. The monoisotopic (exact) mass is 386 g/mol. The third kappa shape index (κ3) is 3.01. The van der Waals surface area contributed by atoms with E-state index in [-0.39, 0.29) is 10.6 Å². The number of carbonyl (C=O) groups excluding carboxylic acids is 1. The highest BCUT2D eigenvalue weighted by Gasteiger charge is 2.43. The Morgan fingerprint density at radius 1 is 1.12 bits per heavy atom. The Labute approximate surface area is 146 Å². The van der Waals surface area contributed by atoms with Gasteiger partial charge in [0.05, 0.1) is 28.6 Å². The molecule has 1 unspecified atom stereocenters. The average molecular weight is 386 g/mol. The van der Waals surface area contributed by atoms with Gasteiger partial charge >= 0.3 is 6.18 Å². The zero-order chi connectivity index (χ0) is 19.1. The third-order valence-corrected chi connectivity index (χ3v) is 5.96. The number of hydrogen-bond donors (Lipinski definition) is 2. The summed E-state index contributed by atoms with van der Waals surface area (Å²) in [6, 6.07) is 8.62. The standard InChI is InChI=1S/C16H13F3N2O4S/c17-16(18,19)10-5-7-11(8-6-10)21-13(9-15(22)20-23)12-3-1-2-4-14(12)26(21,24)25/h1-8,13,23H,9H2,(H,20,22). The number of sulfonamides is 1. The summed E-state index contributed by atoms with van der Waals surface area (Å²) in [6.07, 6.45) is -4.95. The number of nitrogens with zero attached hydrogens (tertiary/aromatic N) is 1. The lowest BCUT2D eigenvalue weighted by molar-refractivity contribution is -0.137. The van der Waals surface area contributed by atoms with E-state index in [2.05, 4.69) is 0 Å². The molecule has 1 amide bonds. The molecule has 0 saturated heterocycles. The summed E-state index contributed by atoms with van der Waals surface area (Å²) in [5, 5.41) is 8.76. The number of carbonyl (C=O) groups is 1. The molecule has 2 aromatic rings. The quantitative estimate of drug-likeness (QED) is 0.627. The molecule has 10 heteroatoms. The largest absolute Gasteiger partial charge is 0.416 e. The molecule has 3 rings (SSSR count). The zero-order valence-electron chi connectivity index (χ0n) is 13.1. The molecule has 26 heavy (non-hydrogen) atoms. The van der Waals surface area contributed by atoms with Crippen LogP contribution in [0.2, 0.25) is 0 Å². The number of hydrogen-bond acceptors (Lipinski definition) is 4. The van der Waals surface area contributed by atoms with E-state index in [4.69, 9.17) is 5.21 Å². The first kappa shape index (κ1) is 18.2. The molecular weight excluding hydrogens is 373 g/mol. The highest BCUT2D eigenvalue weighted by molar-refractivity contribution is 7.93. The van der Waals surface area contributed by atoms with Gasteiger partial charge in [0.1, 0.15) is 0 Å². The van der Waals surface area contributed by atoms with Crippen molar-refractivity contribution in [2.75, 3.05) is 4.31 Å². The molecular formula is C16H13F3N2O4S. The van der Waals surface area contributed by atoms with Gasteiger partial charge in [-0.05, 0) is 35.9 Å².